The first-order valence-corrected chi connectivity index (χ1v) is 13.2. The van der Waals surface area contributed by atoms with Crippen molar-refractivity contribution in [1.29, 1.82) is 0 Å². The van der Waals surface area contributed by atoms with Gasteiger partial charge in [-0.15, -0.1) is 0 Å². The molecule has 0 unspecified atom stereocenters. The van der Waals surface area contributed by atoms with E-state index in [9.17, 15) is 17.6 Å². The van der Waals surface area contributed by atoms with E-state index in [0.717, 1.165) is 10.6 Å². The maximum absolute atomic E-state index is 13.6. The third-order valence-corrected chi connectivity index (χ3v) is 6.72. The Labute approximate surface area is 197 Å². The number of hydrogen-bond acceptors (Lipinski definition) is 5. The molecule has 1 N–H and O–H groups in total. The Hall–Kier alpha value is -3.04. The van der Waals surface area contributed by atoms with Crippen molar-refractivity contribution in [2.45, 2.75) is 5.75 Å². The van der Waals surface area contributed by atoms with Gasteiger partial charge < -0.3 is 10.1 Å². The highest BCUT2D eigenvalue weighted by Gasteiger charge is 2.20. The summed E-state index contributed by atoms with van der Waals surface area (Å²) in [6.07, 6.45) is 1.05. The lowest BCUT2D eigenvalue weighted by Crippen LogP contribution is -2.41. The quantitative estimate of drug-likeness (QED) is 0.404. The minimum absolute atomic E-state index is 0.252. The van der Waals surface area contributed by atoms with Gasteiger partial charge in [0.2, 0.25) is 15.9 Å². The summed E-state index contributed by atoms with van der Waals surface area (Å²) in [5, 5.41) is 2.72. The van der Waals surface area contributed by atoms with E-state index in [4.69, 9.17) is 4.74 Å². The maximum atomic E-state index is 13.6. The van der Waals surface area contributed by atoms with E-state index in [1.807, 2.05) is 30.3 Å². The van der Waals surface area contributed by atoms with Crippen LogP contribution in [0.1, 0.15) is 5.56 Å². The second kappa shape index (κ2) is 11.7. The molecule has 33 heavy (non-hydrogen) atoms. The Morgan fingerprint density at radius 3 is 2.27 bits per heavy atom. The van der Waals surface area contributed by atoms with E-state index in [1.165, 1.54) is 17.8 Å². The highest BCUT2D eigenvalue weighted by molar-refractivity contribution is 7.98. The number of hydrogen-bond donors (Lipinski definition) is 1. The minimum Gasteiger partial charge on any atom is -0.457 e. The molecular formula is C24H25FN2O4S2. The van der Waals surface area contributed by atoms with Crippen LogP contribution in [-0.2, 0) is 20.6 Å². The van der Waals surface area contributed by atoms with Gasteiger partial charge in [-0.05, 0) is 48.0 Å². The zero-order valence-electron chi connectivity index (χ0n) is 18.1. The highest BCUT2D eigenvalue weighted by atomic mass is 32.2. The number of sulfonamides is 1. The Balaban J connectivity index is 1.51. The van der Waals surface area contributed by atoms with Gasteiger partial charge in [0.05, 0.1) is 11.9 Å². The number of anilines is 1. The predicted octanol–water partition coefficient (Wildman–Crippen LogP) is 4.43. The summed E-state index contributed by atoms with van der Waals surface area (Å²) >= 11 is 1.49. The second-order valence-corrected chi connectivity index (χ2v) is 10.2. The summed E-state index contributed by atoms with van der Waals surface area (Å²) in [4.78, 5) is 12.4. The van der Waals surface area contributed by atoms with E-state index in [2.05, 4.69) is 5.32 Å². The van der Waals surface area contributed by atoms with Crippen molar-refractivity contribution in [2.24, 2.45) is 0 Å². The fourth-order valence-corrected chi connectivity index (χ4v) is 4.65. The molecule has 0 atom stereocenters. The number of carbonyl (C=O) groups excluding carboxylic acids is 1. The van der Waals surface area contributed by atoms with Crippen LogP contribution in [0.25, 0.3) is 0 Å². The number of nitrogens with one attached hydrogen (secondary N) is 1. The van der Waals surface area contributed by atoms with Crippen LogP contribution < -0.4 is 14.4 Å². The number of amides is 1. The van der Waals surface area contributed by atoms with Gasteiger partial charge in [-0.25, -0.2) is 12.8 Å². The summed E-state index contributed by atoms with van der Waals surface area (Å²) in [5.41, 5.74) is 0.971. The number of para-hydroxylation sites is 1. The first-order valence-electron chi connectivity index (χ1n) is 10.2. The molecule has 0 aromatic heterocycles. The largest absolute Gasteiger partial charge is 0.457 e. The van der Waals surface area contributed by atoms with Gasteiger partial charge in [-0.3, -0.25) is 9.10 Å². The van der Waals surface area contributed by atoms with Crippen LogP contribution in [0.4, 0.5) is 10.1 Å². The van der Waals surface area contributed by atoms with Crippen LogP contribution in [-0.4, -0.2) is 39.4 Å². The van der Waals surface area contributed by atoms with Crippen molar-refractivity contribution in [2.75, 3.05) is 29.4 Å². The lowest BCUT2D eigenvalue weighted by molar-refractivity contribution is -0.119. The molecule has 0 saturated carbocycles. The summed E-state index contributed by atoms with van der Waals surface area (Å²) in [7, 11) is -3.68. The number of carbonyl (C=O) groups is 1. The lowest BCUT2D eigenvalue weighted by atomic mass is 10.2. The lowest BCUT2D eigenvalue weighted by Gasteiger charge is -2.22. The molecule has 0 radical (unpaired) electrons. The fourth-order valence-electron chi connectivity index (χ4n) is 2.95. The van der Waals surface area contributed by atoms with Crippen LogP contribution in [0.15, 0.2) is 78.9 Å². The third kappa shape index (κ3) is 7.80. The van der Waals surface area contributed by atoms with Gasteiger partial charge >= 0.3 is 0 Å². The van der Waals surface area contributed by atoms with Crippen molar-refractivity contribution < 1.29 is 22.3 Å². The molecule has 9 heteroatoms. The molecule has 1 amide bonds. The summed E-state index contributed by atoms with van der Waals surface area (Å²) in [5.74, 6) is 1.61. The topological polar surface area (TPSA) is 75.7 Å². The van der Waals surface area contributed by atoms with Crippen molar-refractivity contribution >= 4 is 33.4 Å². The number of halogens is 1. The Kier molecular flexibility index (Phi) is 8.73. The molecule has 0 aliphatic rings. The van der Waals surface area contributed by atoms with Crippen molar-refractivity contribution in [1.82, 2.24) is 5.32 Å². The number of ether oxygens (including phenoxy) is 1. The Bertz CT molecular complexity index is 1160. The van der Waals surface area contributed by atoms with E-state index in [-0.39, 0.29) is 12.4 Å². The molecule has 0 aliphatic carbocycles. The van der Waals surface area contributed by atoms with Crippen LogP contribution in [0.3, 0.4) is 0 Å². The SMILES string of the molecule is CS(=O)(=O)N(CC(=O)NCCSCc1ccccc1F)c1ccc(Oc2ccccc2)cc1. The summed E-state index contributed by atoms with van der Waals surface area (Å²) in [6, 6.07) is 22.3. The first-order chi connectivity index (χ1) is 15.8. The average Bonchev–Trinajstić information content (AvgIpc) is 2.79. The monoisotopic (exact) mass is 488 g/mol. The molecule has 3 rings (SSSR count). The second-order valence-electron chi connectivity index (χ2n) is 7.17. The van der Waals surface area contributed by atoms with Crippen LogP contribution in [0, 0.1) is 5.82 Å². The van der Waals surface area contributed by atoms with Crippen LogP contribution >= 0.6 is 11.8 Å². The Morgan fingerprint density at radius 2 is 1.61 bits per heavy atom. The molecule has 0 fully saturated rings. The summed E-state index contributed by atoms with van der Waals surface area (Å²) in [6.45, 7) is 0.00904. The van der Waals surface area contributed by atoms with Gasteiger partial charge in [-0.1, -0.05) is 36.4 Å². The molecular weight excluding hydrogens is 463 g/mol. The van der Waals surface area contributed by atoms with E-state index in [1.54, 1.807) is 42.5 Å². The smallest absolute Gasteiger partial charge is 0.240 e. The molecule has 174 valence electrons. The summed E-state index contributed by atoms with van der Waals surface area (Å²) < 4.78 is 45.0. The van der Waals surface area contributed by atoms with E-state index in [0.29, 0.717) is 40.8 Å². The molecule has 0 aliphatic heterocycles. The highest BCUT2D eigenvalue weighted by Crippen LogP contribution is 2.25. The van der Waals surface area contributed by atoms with Gasteiger partial charge in [-0.2, -0.15) is 11.8 Å². The van der Waals surface area contributed by atoms with Gasteiger partial charge in [0.1, 0.15) is 23.9 Å². The van der Waals surface area contributed by atoms with Gasteiger partial charge in [0.15, 0.2) is 0 Å². The fraction of sp³-hybridized carbons (Fsp3) is 0.208. The van der Waals surface area contributed by atoms with Crippen LogP contribution in [0.5, 0.6) is 11.5 Å². The third-order valence-electron chi connectivity index (χ3n) is 4.58. The zero-order chi connectivity index (χ0) is 23.7. The Morgan fingerprint density at radius 1 is 0.970 bits per heavy atom. The molecule has 3 aromatic carbocycles. The first kappa shape index (κ1) is 24.6. The standard InChI is InChI=1S/C24H25FN2O4S2/c1-33(29,30)27(20-11-13-22(14-12-20)31-21-8-3-2-4-9-21)17-24(28)26-15-16-32-18-19-7-5-6-10-23(19)25/h2-14H,15-18H2,1H3,(H,26,28). The number of thioether (sulfide) groups is 1. The van der Waals surface area contributed by atoms with Gasteiger partial charge in [0, 0.05) is 18.1 Å². The minimum atomic E-state index is -3.68. The zero-order valence-corrected chi connectivity index (χ0v) is 19.7. The number of nitrogens with zero attached hydrogens (tertiary/aromatic N) is 1. The number of rotatable bonds is 11. The normalized spacial score (nSPS) is 11.1. The molecule has 0 saturated heterocycles. The molecule has 0 heterocycles. The molecule has 0 bridgehead atoms. The molecule has 3 aromatic rings. The van der Waals surface area contributed by atoms with E-state index >= 15 is 0 Å². The van der Waals surface area contributed by atoms with E-state index < -0.39 is 15.9 Å². The predicted molar refractivity (Wildman–Crippen MR) is 131 cm³/mol. The number of benzene rings is 3. The van der Waals surface area contributed by atoms with Gasteiger partial charge in [0.25, 0.3) is 0 Å². The van der Waals surface area contributed by atoms with Crippen LogP contribution in [0.2, 0.25) is 0 Å². The average molecular weight is 489 g/mol. The van der Waals surface area contributed by atoms with Crippen molar-refractivity contribution in [3.05, 3.63) is 90.2 Å². The van der Waals surface area contributed by atoms with Crippen molar-refractivity contribution in [3.63, 3.8) is 0 Å². The molecule has 0 spiro atoms. The maximum Gasteiger partial charge on any atom is 0.240 e. The molecule has 6 nitrogen and oxygen atoms in total. The van der Waals surface area contributed by atoms with Crippen molar-refractivity contribution in [3.8, 4) is 11.5 Å².